The number of aromatic nitrogens is 2. The molecule has 4 heterocycles. The Morgan fingerprint density at radius 2 is 1.85 bits per heavy atom. The number of carbonyl (C=O) groups is 1. The van der Waals surface area contributed by atoms with E-state index in [0.29, 0.717) is 17.4 Å². The molecule has 0 atom stereocenters. The van der Waals surface area contributed by atoms with E-state index in [9.17, 15) is 4.79 Å². The van der Waals surface area contributed by atoms with Gasteiger partial charge in [0.05, 0.1) is 11.2 Å². The minimum Gasteiger partial charge on any atom is -0.368 e. The maximum atomic E-state index is 12.8. The van der Waals surface area contributed by atoms with Crippen molar-refractivity contribution in [3.63, 3.8) is 0 Å². The summed E-state index contributed by atoms with van der Waals surface area (Å²) in [6.07, 6.45) is 8.68. The lowest BCUT2D eigenvalue weighted by Gasteiger charge is -2.46. The molecule has 2 aliphatic heterocycles. The van der Waals surface area contributed by atoms with Gasteiger partial charge in [-0.15, -0.1) is 0 Å². The van der Waals surface area contributed by atoms with Crippen LogP contribution in [0.25, 0.3) is 10.9 Å². The van der Waals surface area contributed by atoms with Crippen LogP contribution in [0.4, 0.5) is 11.4 Å². The average molecular weight is 358 g/mol. The molecule has 27 heavy (non-hydrogen) atoms. The van der Waals surface area contributed by atoms with Crippen molar-refractivity contribution in [3.05, 3.63) is 60.6 Å². The fourth-order valence-electron chi connectivity index (χ4n) is 4.50. The zero-order chi connectivity index (χ0) is 18.2. The maximum absolute atomic E-state index is 12.8. The number of pyridine rings is 2. The van der Waals surface area contributed by atoms with Crippen molar-refractivity contribution in [3.8, 4) is 0 Å². The molecule has 1 amide bonds. The Labute approximate surface area is 158 Å². The van der Waals surface area contributed by atoms with Crippen molar-refractivity contribution in [2.24, 2.45) is 5.92 Å². The lowest BCUT2D eigenvalue weighted by molar-refractivity contribution is 0.102. The highest BCUT2D eigenvalue weighted by Crippen LogP contribution is 2.37. The fourth-order valence-corrected chi connectivity index (χ4v) is 4.50. The van der Waals surface area contributed by atoms with Crippen molar-refractivity contribution in [1.29, 1.82) is 0 Å². The van der Waals surface area contributed by atoms with Crippen LogP contribution in [-0.2, 0) is 0 Å². The molecule has 5 heteroatoms. The molecule has 3 fully saturated rings. The van der Waals surface area contributed by atoms with Crippen LogP contribution in [0.1, 0.15) is 36.2 Å². The third kappa shape index (κ3) is 3.03. The molecule has 2 aromatic heterocycles. The SMILES string of the molecule is O=C(Nc1cccc2cccnc12)c1cc(N2CC3CCC2CC3)ccn1. The van der Waals surface area contributed by atoms with Crippen molar-refractivity contribution < 1.29 is 4.79 Å². The van der Waals surface area contributed by atoms with Gasteiger partial charge in [-0.2, -0.15) is 0 Å². The van der Waals surface area contributed by atoms with Crippen LogP contribution in [0, 0.1) is 5.92 Å². The second-order valence-corrected chi connectivity index (χ2v) is 7.56. The molecule has 136 valence electrons. The van der Waals surface area contributed by atoms with E-state index in [1.54, 1.807) is 12.4 Å². The topological polar surface area (TPSA) is 58.1 Å². The fraction of sp³-hybridized carbons (Fsp3) is 0.318. The number of fused-ring (bicyclic) bond motifs is 4. The predicted molar refractivity (Wildman–Crippen MR) is 107 cm³/mol. The van der Waals surface area contributed by atoms with E-state index in [2.05, 4.69) is 20.2 Å². The van der Waals surface area contributed by atoms with E-state index in [1.807, 2.05) is 42.5 Å². The number of para-hydroxylation sites is 1. The molecule has 6 rings (SSSR count). The van der Waals surface area contributed by atoms with E-state index in [-0.39, 0.29) is 5.91 Å². The molecule has 1 aromatic carbocycles. The summed E-state index contributed by atoms with van der Waals surface area (Å²) in [7, 11) is 0. The molecule has 3 aromatic rings. The first-order valence-electron chi connectivity index (χ1n) is 9.66. The zero-order valence-electron chi connectivity index (χ0n) is 15.1. The number of piperidine rings is 2. The Bertz CT molecular complexity index is 989. The summed E-state index contributed by atoms with van der Waals surface area (Å²) in [5.74, 6) is 0.597. The molecule has 0 radical (unpaired) electrons. The molecular formula is C22H22N4O. The number of benzene rings is 1. The molecule has 0 spiro atoms. The first-order valence-corrected chi connectivity index (χ1v) is 9.66. The highest BCUT2D eigenvalue weighted by atomic mass is 16.1. The second-order valence-electron chi connectivity index (χ2n) is 7.56. The maximum Gasteiger partial charge on any atom is 0.274 e. The number of nitrogens with one attached hydrogen (secondary N) is 1. The Kier molecular flexibility index (Phi) is 4.00. The largest absolute Gasteiger partial charge is 0.368 e. The molecule has 1 saturated carbocycles. The van der Waals surface area contributed by atoms with E-state index < -0.39 is 0 Å². The van der Waals surface area contributed by atoms with Crippen LogP contribution >= 0.6 is 0 Å². The summed E-state index contributed by atoms with van der Waals surface area (Å²) in [6, 6.07) is 14.2. The number of carbonyl (C=O) groups excluding carboxylic acids is 1. The molecular weight excluding hydrogens is 336 g/mol. The van der Waals surface area contributed by atoms with Gasteiger partial charge in [0, 0.05) is 36.1 Å². The highest BCUT2D eigenvalue weighted by Gasteiger charge is 2.33. The zero-order valence-corrected chi connectivity index (χ0v) is 15.1. The van der Waals surface area contributed by atoms with Gasteiger partial charge in [0.15, 0.2) is 0 Å². The van der Waals surface area contributed by atoms with Crippen molar-refractivity contribution in [2.45, 2.75) is 31.7 Å². The lowest BCUT2D eigenvalue weighted by Crippen LogP contribution is -2.48. The number of hydrogen-bond donors (Lipinski definition) is 1. The monoisotopic (exact) mass is 358 g/mol. The van der Waals surface area contributed by atoms with Crippen LogP contribution < -0.4 is 10.2 Å². The lowest BCUT2D eigenvalue weighted by atomic mass is 9.80. The van der Waals surface area contributed by atoms with Gasteiger partial charge in [0.25, 0.3) is 5.91 Å². The predicted octanol–water partition coefficient (Wildman–Crippen LogP) is 4.26. The van der Waals surface area contributed by atoms with Gasteiger partial charge >= 0.3 is 0 Å². The van der Waals surface area contributed by atoms with E-state index in [1.165, 1.54) is 25.7 Å². The third-order valence-corrected chi connectivity index (χ3v) is 5.90. The minimum absolute atomic E-state index is 0.197. The molecule has 2 bridgehead atoms. The standard InChI is InChI=1S/C22H22N4O/c27-22(25-19-5-1-3-16-4-2-11-24-21(16)19)20-13-18(10-12-23-20)26-14-15-6-8-17(26)9-7-15/h1-5,10-13,15,17H,6-9,14H2,(H,25,27). The molecule has 5 nitrogen and oxygen atoms in total. The normalized spacial score (nSPS) is 21.4. The second kappa shape index (κ2) is 6.65. The Hall–Kier alpha value is -2.95. The summed E-state index contributed by atoms with van der Waals surface area (Å²) < 4.78 is 0. The smallest absolute Gasteiger partial charge is 0.274 e. The summed E-state index contributed by atoms with van der Waals surface area (Å²) >= 11 is 0. The number of rotatable bonds is 3. The van der Waals surface area contributed by atoms with Gasteiger partial charge < -0.3 is 10.2 Å². The van der Waals surface area contributed by atoms with Crippen LogP contribution in [-0.4, -0.2) is 28.5 Å². The summed E-state index contributed by atoms with van der Waals surface area (Å²) in [5, 5.41) is 3.98. The van der Waals surface area contributed by atoms with Gasteiger partial charge in [-0.25, -0.2) is 0 Å². The number of hydrogen-bond acceptors (Lipinski definition) is 4. The van der Waals surface area contributed by atoms with E-state index in [4.69, 9.17) is 0 Å². The number of nitrogens with zero attached hydrogens (tertiary/aromatic N) is 3. The van der Waals surface area contributed by atoms with Crippen LogP contribution in [0.3, 0.4) is 0 Å². The van der Waals surface area contributed by atoms with Crippen molar-refractivity contribution in [2.75, 3.05) is 16.8 Å². The summed E-state index contributed by atoms with van der Waals surface area (Å²) in [6.45, 7) is 1.10. The molecule has 3 aliphatic rings. The Morgan fingerprint density at radius 1 is 1.00 bits per heavy atom. The first-order chi connectivity index (χ1) is 13.3. The minimum atomic E-state index is -0.197. The quantitative estimate of drug-likeness (QED) is 0.760. The number of amides is 1. The van der Waals surface area contributed by atoms with E-state index in [0.717, 1.165) is 29.1 Å². The van der Waals surface area contributed by atoms with Crippen LogP contribution in [0.2, 0.25) is 0 Å². The Morgan fingerprint density at radius 3 is 2.67 bits per heavy atom. The molecule has 2 saturated heterocycles. The highest BCUT2D eigenvalue weighted by molar-refractivity contribution is 6.07. The van der Waals surface area contributed by atoms with Gasteiger partial charge in [-0.1, -0.05) is 18.2 Å². The first kappa shape index (κ1) is 16.2. The molecule has 1 aliphatic carbocycles. The van der Waals surface area contributed by atoms with Crippen molar-refractivity contribution in [1.82, 2.24) is 9.97 Å². The van der Waals surface area contributed by atoms with Gasteiger partial charge in [0.1, 0.15) is 5.69 Å². The molecule has 0 unspecified atom stereocenters. The van der Waals surface area contributed by atoms with E-state index >= 15 is 0 Å². The average Bonchev–Trinajstić information content (AvgIpc) is 2.75. The van der Waals surface area contributed by atoms with Gasteiger partial charge in [0.2, 0.25) is 0 Å². The third-order valence-electron chi connectivity index (χ3n) is 5.90. The van der Waals surface area contributed by atoms with Crippen molar-refractivity contribution >= 4 is 28.2 Å². The molecule has 1 N–H and O–H groups in total. The number of anilines is 2. The van der Waals surface area contributed by atoms with Crippen LogP contribution in [0.5, 0.6) is 0 Å². The van der Waals surface area contributed by atoms with Crippen LogP contribution in [0.15, 0.2) is 54.9 Å². The van der Waals surface area contributed by atoms with Gasteiger partial charge in [-0.05, 0) is 55.9 Å². The summed E-state index contributed by atoms with van der Waals surface area (Å²) in [5.41, 5.74) is 3.06. The van der Waals surface area contributed by atoms with Gasteiger partial charge in [-0.3, -0.25) is 14.8 Å². The summed E-state index contributed by atoms with van der Waals surface area (Å²) in [4.78, 5) is 24.0. The Balaban J connectivity index is 1.41.